The first-order valence-electron chi connectivity index (χ1n) is 5.55. The summed E-state index contributed by atoms with van der Waals surface area (Å²) in [6, 6.07) is 4.20. The second kappa shape index (κ2) is 6.67. The quantitative estimate of drug-likeness (QED) is 0.795. The Morgan fingerprint density at radius 2 is 2.31 bits per heavy atom. The van der Waals surface area contributed by atoms with Crippen LogP contribution in [0.1, 0.15) is 19.8 Å². The summed E-state index contributed by atoms with van der Waals surface area (Å²) in [6.45, 7) is 3.81. The van der Waals surface area contributed by atoms with Crippen LogP contribution in [0.2, 0.25) is 0 Å². The van der Waals surface area contributed by atoms with E-state index in [0.29, 0.717) is 6.42 Å². The molecule has 4 heteroatoms. The molecule has 1 heterocycles. The molecular formula is C12H18N4. The monoisotopic (exact) mass is 218 g/mol. The number of rotatable bonds is 6. The summed E-state index contributed by atoms with van der Waals surface area (Å²) in [5.41, 5.74) is 2.07. The molecule has 0 bridgehead atoms. The van der Waals surface area contributed by atoms with Crippen LogP contribution in [0.25, 0.3) is 0 Å². The maximum absolute atomic E-state index is 8.53. The van der Waals surface area contributed by atoms with Crippen LogP contribution in [0.3, 0.4) is 0 Å². The first-order chi connectivity index (χ1) is 7.77. The highest BCUT2D eigenvalue weighted by atomic mass is 15.1. The lowest BCUT2D eigenvalue weighted by molar-refractivity contribution is 0.900. The molecule has 0 atom stereocenters. The first kappa shape index (κ1) is 12.3. The van der Waals surface area contributed by atoms with Crippen LogP contribution < -0.4 is 10.2 Å². The summed E-state index contributed by atoms with van der Waals surface area (Å²) in [5.74, 6) is 0. The highest BCUT2D eigenvalue weighted by Gasteiger charge is 2.01. The molecule has 0 unspecified atom stereocenters. The van der Waals surface area contributed by atoms with Crippen molar-refractivity contribution in [3.63, 3.8) is 0 Å². The fourth-order valence-electron chi connectivity index (χ4n) is 1.35. The van der Waals surface area contributed by atoms with Crippen molar-refractivity contribution in [1.82, 2.24) is 4.98 Å². The summed E-state index contributed by atoms with van der Waals surface area (Å²) in [4.78, 5) is 6.21. The SMILES string of the molecule is CCCNc1cncc(N(C)CCC#N)c1. The van der Waals surface area contributed by atoms with Crippen LogP contribution >= 0.6 is 0 Å². The number of hydrogen-bond donors (Lipinski definition) is 1. The van der Waals surface area contributed by atoms with Gasteiger partial charge in [-0.3, -0.25) is 4.98 Å². The number of aromatic nitrogens is 1. The normalized spacial score (nSPS) is 9.56. The van der Waals surface area contributed by atoms with Crippen molar-refractivity contribution in [2.45, 2.75) is 19.8 Å². The standard InChI is InChI=1S/C12H18N4/c1-3-6-15-11-8-12(10-14-9-11)16(2)7-4-5-13/h8-10,15H,3-4,6-7H2,1-2H3. The highest BCUT2D eigenvalue weighted by molar-refractivity contribution is 5.55. The Balaban J connectivity index is 2.62. The second-order valence-electron chi connectivity index (χ2n) is 3.69. The molecule has 0 aliphatic rings. The molecule has 0 saturated heterocycles. The van der Waals surface area contributed by atoms with Crippen molar-refractivity contribution in [3.8, 4) is 6.07 Å². The van der Waals surface area contributed by atoms with Gasteiger partial charge in [0.1, 0.15) is 0 Å². The number of hydrogen-bond acceptors (Lipinski definition) is 4. The lowest BCUT2D eigenvalue weighted by Gasteiger charge is -2.18. The predicted octanol–water partition coefficient (Wildman–Crippen LogP) is 2.25. The van der Waals surface area contributed by atoms with E-state index in [2.05, 4.69) is 29.4 Å². The van der Waals surface area contributed by atoms with Crippen LogP contribution in [0.4, 0.5) is 11.4 Å². The minimum absolute atomic E-state index is 0.531. The minimum Gasteiger partial charge on any atom is -0.384 e. The Bertz CT molecular complexity index is 356. The Morgan fingerprint density at radius 3 is 3.00 bits per heavy atom. The molecule has 0 radical (unpaired) electrons. The van der Waals surface area contributed by atoms with Gasteiger partial charge in [0.25, 0.3) is 0 Å². The number of nitrogens with one attached hydrogen (secondary N) is 1. The summed E-state index contributed by atoms with van der Waals surface area (Å²) in [6.07, 6.45) is 5.25. The lowest BCUT2D eigenvalue weighted by atomic mass is 10.3. The third-order valence-corrected chi connectivity index (χ3v) is 2.30. The third kappa shape index (κ3) is 3.77. The van der Waals surface area contributed by atoms with Gasteiger partial charge in [0.05, 0.1) is 36.3 Å². The van der Waals surface area contributed by atoms with E-state index >= 15 is 0 Å². The molecule has 0 saturated carbocycles. The van der Waals surface area contributed by atoms with Gasteiger partial charge in [0, 0.05) is 20.1 Å². The summed E-state index contributed by atoms with van der Waals surface area (Å²) < 4.78 is 0. The van der Waals surface area contributed by atoms with E-state index in [1.165, 1.54) is 0 Å². The summed E-state index contributed by atoms with van der Waals surface area (Å²) in [5, 5.41) is 11.8. The van der Waals surface area contributed by atoms with E-state index in [9.17, 15) is 0 Å². The maximum atomic E-state index is 8.53. The van der Waals surface area contributed by atoms with Gasteiger partial charge in [-0.15, -0.1) is 0 Å². The van der Waals surface area contributed by atoms with Crippen molar-refractivity contribution in [2.75, 3.05) is 30.4 Å². The molecule has 1 aromatic rings. The molecule has 0 amide bonds. The van der Waals surface area contributed by atoms with Crippen molar-refractivity contribution in [3.05, 3.63) is 18.5 Å². The van der Waals surface area contributed by atoms with Gasteiger partial charge in [0.2, 0.25) is 0 Å². The van der Waals surface area contributed by atoms with Gasteiger partial charge in [-0.2, -0.15) is 5.26 Å². The third-order valence-electron chi connectivity index (χ3n) is 2.30. The van der Waals surface area contributed by atoms with Gasteiger partial charge in [-0.1, -0.05) is 6.92 Å². The molecule has 0 fully saturated rings. The first-order valence-corrected chi connectivity index (χ1v) is 5.55. The highest BCUT2D eigenvalue weighted by Crippen LogP contribution is 2.16. The Kier molecular flexibility index (Phi) is 5.13. The van der Waals surface area contributed by atoms with Crippen LogP contribution in [-0.4, -0.2) is 25.1 Å². The zero-order chi connectivity index (χ0) is 11.8. The lowest BCUT2D eigenvalue weighted by Crippen LogP contribution is -2.18. The van der Waals surface area contributed by atoms with Gasteiger partial charge in [-0.25, -0.2) is 0 Å². The average molecular weight is 218 g/mol. The Hall–Kier alpha value is -1.76. The van der Waals surface area contributed by atoms with E-state index in [-0.39, 0.29) is 0 Å². The zero-order valence-electron chi connectivity index (χ0n) is 9.90. The van der Waals surface area contributed by atoms with Crippen LogP contribution in [0, 0.1) is 11.3 Å². The van der Waals surface area contributed by atoms with E-state index in [0.717, 1.165) is 30.9 Å². The molecule has 0 aliphatic carbocycles. The minimum atomic E-state index is 0.531. The molecule has 0 aromatic carbocycles. The average Bonchev–Trinajstić information content (AvgIpc) is 2.33. The molecule has 0 spiro atoms. The van der Waals surface area contributed by atoms with Crippen molar-refractivity contribution >= 4 is 11.4 Å². The van der Waals surface area contributed by atoms with Crippen molar-refractivity contribution in [1.29, 1.82) is 5.26 Å². The number of anilines is 2. The van der Waals surface area contributed by atoms with Crippen molar-refractivity contribution in [2.24, 2.45) is 0 Å². The molecule has 16 heavy (non-hydrogen) atoms. The summed E-state index contributed by atoms with van der Waals surface area (Å²) >= 11 is 0. The smallest absolute Gasteiger partial charge is 0.0640 e. The van der Waals surface area contributed by atoms with E-state index in [4.69, 9.17) is 5.26 Å². The van der Waals surface area contributed by atoms with Gasteiger partial charge >= 0.3 is 0 Å². The van der Waals surface area contributed by atoms with Gasteiger partial charge < -0.3 is 10.2 Å². The molecular weight excluding hydrogens is 200 g/mol. The van der Waals surface area contributed by atoms with E-state index in [1.807, 2.05) is 24.3 Å². The van der Waals surface area contributed by atoms with Gasteiger partial charge in [-0.05, 0) is 12.5 Å². The van der Waals surface area contributed by atoms with Crippen LogP contribution in [0.15, 0.2) is 18.5 Å². The van der Waals surface area contributed by atoms with E-state index < -0.39 is 0 Å². The Morgan fingerprint density at radius 1 is 1.50 bits per heavy atom. The second-order valence-corrected chi connectivity index (χ2v) is 3.69. The maximum Gasteiger partial charge on any atom is 0.0640 e. The van der Waals surface area contributed by atoms with Crippen LogP contribution in [-0.2, 0) is 0 Å². The number of nitriles is 1. The topological polar surface area (TPSA) is 52.0 Å². The van der Waals surface area contributed by atoms with E-state index in [1.54, 1.807) is 0 Å². The Labute approximate surface area is 96.9 Å². The summed E-state index contributed by atoms with van der Waals surface area (Å²) in [7, 11) is 1.97. The van der Waals surface area contributed by atoms with Crippen molar-refractivity contribution < 1.29 is 0 Å². The largest absolute Gasteiger partial charge is 0.384 e. The fraction of sp³-hybridized carbons (Fsp3) is 0.500. The van der Waals surface area contributed by atoms with Crippen LogP contribution in [0.5, 0.6) is 0 Å². The molecule has 86 valence electrons. The number of pyridine rings is 1. The molecule has 1 rings (SSSR count). The molecule has 1 aromatic heterocycles. The number of nitrogens with zero attached hydrogens (tertiary/aromatic N) is 3. The predicted molar refractivity (Wildman–Crippen MR) is 66.5 cm³/mol. The fourth-order valence-corrected chi connectivity index (χ4v) is 1.35. The molecule has 4 nitrogen and oxygen atoms in total. The van der Waals surface area contributed by atoms with Gasteiger partial charge in [0.15, 0.2) is 0 Å². The molecule has 1 N–H and O–H groups in total. The molecule has 0 aliphatic heterocycles. The zero-order valence-corrected chi connectivity index (χ0v) is 9.90.